The molecule has 0 radical (unpaired) electrons. The topological polar surface area (TPSA) is 98.9 Å². The Balaban J connectivity index is 1.81. The summed E-state index contributed by atoms with van der Waals surface area (Å²) >= 11 is 0. The van der Waals surface area contributed by atoms with Crippen LogP contribution in [0, 0.1) is 10.1 Å². The van der Waals surface area contributed by atoms with Crippen molar-refractivity contribution in [3.8, 4) is 0 Å². The van der Waals surface area contributed by atoms with Crippen molar-refractivity contribution in [1.29, 1.82) is 0 Å². The second kappa shape index (κ2) is 4.94. The van der Waals surface area contributed by atoms with Crippen molar-refractivity contribution in [1.82, 2.24) is 0 Å². The predicted octanol–water partition coefficient (Wildman–Crippen LogP) is 1.10. The van der Waals surface area contributed by atoms with Crippen molar-refractivity contribution in [2.75, 3.05) is 0 Å². The maximum absolute atomic E-state index is 11.9. The molecule has 1 aliphatic carbocycles. The van der Waals surface area contributed by atoms with E-state index in [9.17, 15) is 20.0 Å². The Bertz CT molecular complexity index is 628. The standard InChI is InChI=1S/C14H13NO6/c16-11-5-6-14(7-12(11)21-13(14)17)20-8-9-3-1-2-4-10(9)15(18)19/h1-6,11-12,16H,7-8H2/t11-,12-,14+/m1/s1. The average molecular weight is 291 g/mol. The lowest BCUT2D eigenvalue weighted by molar-refractivity contribution is -0.386. The molecule has 0 saturated carbocycles. The van der Waals surface area contributed by atoms with Crippen LogP contribution in [0.25, 0.3) is 0 Å². The number of nitrogens with zero attached hydrogens (tertiary/aromatic N) is 1. The van der Waals surface area contributed by atoms with Gasteiger partial charge in [0.05, 0.1) is 17.1 Å². The molecule has 1 aromatic rings. The van der Waals surface area contributed by atoms with Gasteiger partial charge in [-0.15, -0.1) is 0 Å². The number of rotatable bonds is 4. The summed E-state index contributed by atoms with van der Waals surface area (Å²) in [5.74, 6) is -0.570. The van der Waals surface area contributed by atoms with Crippen molar-refractivity contribution in [2.45, 2.75) is 30.8 Å². The molecule has 1 N–H and O–H groups in total. The van der Waals surface area contributed by atoms with Gasteiger partial charge in [-0.3, -0.25) is 10.1 Å². The molecule has 110 valence electrons. The molecule has 2 bridgehead atoms. The highest BCUT2D eigenvalue weighted by atomic mass is 16.6. The van der Waals surface area contributed by atoms with Crippen LogP contribution >= 0.6 is 0 Å². The number of ether oxygens (including phenoxy) is 2. The van der Waals surface area contributed by atoms with E-state index < -0.39 is 28.7 Å². The molecule has 0 amide bonds. The molecule has 7 heteroatoms. The number of fused-ring (bicyclic) bond motifs is 2. The van der Waals surface area contributed by atoms with Crippen LogP contribution in [-0.2, 0) is 20.9 Å². The molecule has 1 saturated heterocycles. The third-order valence-electron chi connectivity index (χ3n) is 3.73. The Morgan fingerprint density at radius 3 is 3.00 bits per heavy atom. The largest absolute Gasteiger partial charge is 0.457 e. The average Bonchev–Trinajstić information content (AvgIpc) is 2.75. The number of hydrogen-bond acceptors (Lipinski definition) is 6. The number of hydrogen-bond donors (Lipinski definition) is 1. The van der Waals surface area contributed by atoms with E-state index in [1.54, 1.807) is 18.2 Å². The molecule has 21 heavy (non-hydrogen) atoms. The molecule has 0 unspecified atom stereocenters. The fourth-order valence-electron chi connectivity index (χ4n) is 2.55. The summed E-state index contributed by atoms with van der Waals surface area (Å²) in [6.45, 7) is -0.0839. The summed E-state index contributed by atoms with van der Waals surface area (Å²) < 4.78 is 10.7. The second-order valence-electron chi connectivity index (χ2n) is 5.06. The fraction of sp³-hybridized carbons (Fsp3) is 0.357. The lowest BCUT2D eigenvalue weighted by atomic mass is 9.90. The zero-order valence-corrected chi connectivity index (χ0v) is 11.0. The third kappa shape index (κ3) is 2.30. The van der Waals surface area contributed by atoms with E-state index in [1.807, 2.05) is 0 Å². The summed E-state index contributed by atoms with van der Waals surface area (Å²) in [6, 6.07) is 6.19. The zero-order valence-electron chi connectivity index (χ0n) is 11.0. The minimum Gasteiger partial charge on any atom is -0.457 e. The van der Waals surface area contributed by atoms with Crippen molar-refractivity contribution in [2.24, 2.45) is 0 Å². The Kier molecular flexibility index (Phi) is 3.23. The van der Waals surface area contributed by atoms with Crippen LogP contribution < -0.4 is 0 Å². The SMILES string of the molecule is O=C1O[C@@H]2C[C@@]1(OCc1ccccc1[N+](=O)[O-])C=C[C@H]2O. The quantitative estimate of drug-likeness (QED) is 0.386. The first kappa shape index (κ1) is 13.7. The number of nitro benzene ring substituents is 1. The zero-order chi connectivity index (χ0) is 15.0. The molecule has 0 spiro atoms. The number of carbonyl (C=O) groups excluding carboxylic acids is 1. The smallest absolute Gasteiger partial charge is 0.343 e. The summed E-state index contributed by atoms with van der Waals surface area (Å²) in [6.07, 6.45) is 1.69. The van der Waals surface area contributed by atoms with E-state index in [4.69, 9.17) is 9.47 Å². The van der Waals surface area contributed by atoms with Crippen LogP contribution in [0.15, 0.2) is 36.4 Å². The number of para-hydroxylation sites is 1. The van der Waals surface area contributed by atoms with E-state index >= 15 is 0 Å². The Morgan fingerprint density at radius 2 is 2.24 bits per heavy atom. The van der Waals surface area contributed by atoms with Gasteiger partial charge in [-0.2, -0.15) is 0 Å². The third-order valence-corrected chi connectivity index (χ3v) is 3.73. The minimum atomic E-state index is -1.26. The van der Waals surface area contributed by atoms with Gasteiger partial charge in [-0.1, -0.05) is 18.2 Å². The highest BCUT2D eigenvalue weighted by Crippen LogP contribution is 2.37. The van der Waals surface area contributed by atoms with E-state index in [0.29, 0.717) is 5.56 Å². The molecular weight excluding hydrogens is 278 g/mol. The Hall–Kier alpha value is -2.25. The molecule has 0 aromatic heterocycles. The van der Waals surface area contributed by atoms with Crippen LogP contribution in [0.4, 0.5) is 5.69 Å². The maximum atomic E-state index is 11.9. The number of carbonyl (C=O) groups is 1. The Labute approximate surface area is 119 Å². The van der Waals surface area contributed by atoms with Crippen molar-refractivity contribution in [3.05, 3.63) is 52.1 Å². The lowest BCUT2D eigenvalue weighted by Gasteiger charge is -2.25. The van der Waals surface area contributed by atoms with Gasteiger partial charge in [-0.05, 0) is 12.1 Å². The summed E-state index contributed by atoms with van der Waals surface area (Å²) in [5.41, 5.74) is -0.933. The molecule has 1 heterocycles. The van der Waals surface area contributed by atoms with Gasteiger partial charge >= 0.3 is 5.97 Å². The summed E-state index contributed by atoms with van der Waals surface area (Å²) in [4.78, 5) is 22.4. The van der Waals surface area contributed by atoms with Gasteiger partial charge in [-0.25, -0.2) is 4.79 Å². The molecule has 7 nitrogen and oxygen atoms in total. The van der Waals surface area contributed by atoms with Gasteiger partial charge in [0.25, 0.3) is 5.69 Å². The van der Waals surface area contributed by atoms with Gasteiger partial charge < -0.3 is 14.6 Å². The van der Waals surface area contributed by atoms with Crippen molar-refractivity contribution >= 4 is 11.7 Å². The molecular formula is C14H13NO6. The highest BCUT2D eigenvalue weighted by Gasteiger charge is 2.53. The van der Waals surface area contributed by atoms with Gasteiger partial charge in [0.15, 0.2) is 5.60 Å². The number of benzene rings is 1. The second-order valence-corrected chi connectivity index (χ2v) is 5.06. The number of esters is 1. The number of nitro groups is 1. The van der Waals surface area contributed by atoms with Crippen LogP contribution in [0.3, 0.4) is 0 Å². The van der Waals surface area contributed by atoms with Gasteiger partial charge in [0.2, 0.25) is 0 Å². The molecule has 1 aromatic carbocycles. The van der Waals surface area contributed by atoms with Crippen molar-refractivity contribution < 1.29 is 24.3 Å². The summed E-state index contributed by atoms with van der Waals surface area (Å²) in [5, 5.41) is 20.6. The minimum absolute atomic E-state index is 0.0587. The molecule has 2 aliphatic rings. The first-order valence-electron chi connectivity index (χ1n) is 6.47. The highest BCUT2D eigenvalue weighted by molar-refractivity contribution is 5.85. The molecule has 3 rings (SSSR count). The van der Waals surface area contributed by atoms with Crippen LogP contribution in [-0.4, -0.2) is 33.8 Å². The van der Waals surface area contributed by atoms with Crippen molar-refractivity contribution in [3.63, 3.8) is 0 Å². The van der Waals surface area contributed by atoms with E-state index in [-0.39, 0.29) is 18.7 Å². The van der Waals surface area contributed by atoms with E-state index in [0.717, 1.165) is 0 Å². The first-order chi connectivity index (χ1) is 10.0. The van der Waals surface area contributed by atoms with Gasteiger partial charge in [0, 0.05) is 12.5 Å². The van der Waals surface area contributed by atoms with Gasteiger partial charge in [0.1, 0.15) is 12.2 Å². The maximum Gasteiger partial charge on any atom is 0.343 e. The van der Waals surface area contributed by atoms with E-state index in [1.165, 1.54) is 18.2 Å². The Morgan fingerprint density at radius 1 is 1.48 bits per heavy atom. The van der Waals surface area contributed by atoms with Crippen LogP contribution in [0.1, 0.15) is 12.0 Å². The first-order valence-corrected chi connectivity index (χ1v) is 6.47. The molecule has 3 atom stereocenters. The van der Waals surface area contributed by atoms with E-state index in [2.05, 4.69) is 0 Å². The monoisotopic (exact) mass is 291 g/mol. The fourth-order valence-corrected chi connectivity index (χ4v) is 2.55. The predicted molar refractivity (Wildman–Crippen MR) is 70.3 cm³/mol. The molecule has 1 aliphatic heterocycles. The van der Waals surface area contributed by atoms with Crippen LogP contribution in [0.2, 0.25) is 0 Å². The number of aliphatic hydroxyl groups excluding tert-OH is 1. The molecule has 1 fully saturated rings. The normalized spacial score (nSPS) is 30.2. The lowest BCUT2D eigenvalue weighted by Crippen LogP contribution is -2.38. The summed E-state index contributed by atoms with van der Waals surface area (Å²) in [7, 11) is 0. The number of aliphatic hydroxyl groups is 1. The van der Waals surface area contributed by atoms with Crippen LogP contribution in [0.5, 0.6) is 0 Å².